The average Bonchev–Trinajstić information content (AvgIpc) is 2.55. The van der Waals surface area contributed by atoms with Gasteiger partial charge in [0.1, 0.15) is 5.75 Å². The van der Waals surface area contributed by atoms with Crippen molar-refractivity contribution in [2.45, 2.75) is 12.3 Å². The van der Waals surface area contributed by atoms with Crippen molar-refractivity contribution in [3.63, 3.8) is 0 Å². The van der Waals surface area contributed by atoms with E-state index in [9.17, 15) is 4.79 Å². The van der Waals surface area contributed by atoms with Crippen LogP contribution in [0.3, 0.4) is 0 Å². The molecule has 0 amide bonds. The zero-order valence-corrected chi connectivity index (χ0v) is 8.12. The van der Waals surface area contributed by atoms with Crippen LogP contribution >= 0.6 is 0 Å². The molecule has 1 atom stereocenters. The van der Waals surface area contributed by atoms with Gasteiger partial charge in [-0.3, -0.25) is 4.79 Å². The maximum absolute atomic E-state index is 11.5. The fourth-order valence-corrected chi connectivity index (χ4v) is 1.91. The molecule has 3 nitrogen and oxygen atoms in total. The lowest BCUT2D eigenvalue weighted by Crippen LogP contribution is -2.09. The van der Waals surface area contributed by atoms with E-state index in [0.717, 1.165) is 16.9 Å². The molecule has 1 aliphatic carbocycles. The van der Waals surface area contributed by atoms with Gasteiger partial charge in [-0.15, -0.1) is 0 Å². The molecule has 1 aromatic carbocycles. The van der Waals surface area contributed by atoms with E-state index in [0.29, 0.717) is 13.0 Å². The van der Waals surface area contributed by atoms with Crippen LogP contribution in [0, 0.1) is 0 Å². The van der Waals surface area contributed by atoms with Crippen LogP contribution in [0.25, 0.3) is 0 Å². The number of carbonyl (C=O) groups is 1. The summed E-state index contributed by atoms with van der Waals surface area (Å²) in [5.41, 5.74) is 7.45. The molecule has 0 radical (unpaired) electrons. The van der Waals surface area contributed by atoms with Crippen molar-refractivity contribution in [3.8, 4) is 5.75 Å². The molecule has 0 fully saturated rings. The third-order valence-electron chi connectivity index (χ3n) is 2.72. The normalized spacial score (nSPS) is 19.6. The Kier molecular flexibility index (Phi) is 2.25. The van der Waals surface area contributed by atoms with E-state index >= 15 is 0 Å². The number of nitrogens with two attached hydrogens (primary N) is 1. The molecule has 1 aromatic rings. The molecule has 0 aliphatic heterocycles. The average molecular weight is 191 g/mol. The zero-order valence-electron chi connectivity index (χ0n) is 8.12. The minimum absolute atomic E-state index is 0.174. The van der Waals surface area contributed by atoms with Crippen molar-refractivity contribution >= 4 is 5.78 Å². The lowest BCUT2D eigenvalue weighted by atomic mass is 10.0. The molecule has 0 bridgehead atoms. The van der Waals surface area contributed by atoms with Crippen LogP contribution < -0.4 is 10.5 Å². The highest BCUT2D eigenvalue weighted by molar-refractivity contribution is 6.01. The Bertz CT molecular complexity index is 374. The molecule has 2 N–H and O–H groups in total. The zero-order chi connectivity index (χ0) is 10.1. The Labute approximate surface area is 82.9 Å². The monoisotopic (exact) mass is 191 g/mol. The van der Waals surface area contributed by atoms with E-state index in [4.69, 9.17) is 10.5 Å². The summed E-state index contributed by atoms with van der Waals surface area (Å²) in [6.45, 7) is 0.520. The van der Waals surface area contributed by atoms with Gasteiger partial charge in [-0.1, -0.05) is 0 Å². The van der Waals surface area contributed by atoms with Gasteiger partial charge >= 0.3 is 0 Å². The van der Waals surface area contributed by atoms with Crippen molar-refractivity contribution in [2.24, 2.45) is 5.73 Å². The van der Waals surface area contributed by atoms with E-state index < -0.39 is 0 Å². The molecule has 0 saturated carbocycles. The predicted molar refractivity (Wildman–Crippen MR) is 53.7 cm³/mol. The van der Waals surface area contributed by atoms with Crippen LogP contribution in [0.5, 0.6) is 5.75 Å². The van der Waals surface area contributed by atoms with E-state index in [1.807, 2.05) is 18.2 Å². The second-order valence-electron chi connectivity index (χ2n) is 3.51. The summed E-state index contributed by atoms with van der Waals surface area (Å²) < 4.78 is 5.12. The van der Waals surface area contributed by atoms with Crippen LogP contribution in [0.1, 0.15) is 28.3 Å². The van der Waals surface area contributed by atoms with Crippen molar-refractivity contribution in [1.82, 2.24) is 0 Å². The molecule has 1 aliphatic rings. The molecule has 3 heteroatoms. The number of ketones is 1. The van der Waals surface area contributed by atoms with Gasteiger partial charge in [0.05, 0.1) is 7.11 Å². The van der Waals surface area contributed by atoms with Crippen molar-refractivity contribution in [2.75, 3.05) is 13.7 Å². The maximum atomic E-state index is 11.5. The number of Topliss-reactive ketones (excluding diaryl/α,β-unsaturated/α-hetero) is 1. The van der Waals surface area contributed by atoms with Crippen LogP contribution in [-0.4, -0.2) is 19.4 Å². The van der Waals surface area contributed by atoms with E-state index in [1.54, 1.807) is 7.11 Å². The largest absolute Gasteiger partial charge is 0.497 e. The molecule has 14 heavy (non-hydrogen) atoms. The van der Waals surface area contributed by atoms with Gasteiger partial charge < -0.3 is 10.5 Å². The Morgan fingerprint density at radius 1 is 1.57 bits per heavy atom. The number of hydrogen-bond donors (Lipinski definition) is 1. The second kappa shape index (κ2) is 3.42. The topological polar surface area (TPSA) is 52.3 Å². The van der Waals surface area contributed by atoms with Gasteiger partial charge in [0, 0.05) is 17.9 Å². The summed E-state index contributed by atoms with van der Waals surface area (Å²) in [6, 6.07) is 5.56. The quantitative estimate of drug-likeness (QED) is 0.767. The maximum Gasteiger partial charge on any atom is 0.163 e. The highest BCUT2D eigenvalue weighted by atomic mass is 16.5. The predicted octanol–water partition coefficient (Wildman–Crippen LogP) is 1.32. The first-order valence-electron chi connectivity index (χ1n) is 4.67. The Morgan fingerprint density at radius 3 is 3.00 bits per heavy atom. The highest BCUT2D eigenvalue weighted by Crippen LogP contribution is 2.34. The van der Waals surface area contributed by atoms with Gasteiger partial charge in [-0.05, 0) is 30.3 Å². The van der Waals surface area contributed by atoms with Gasteiger partial charge in [0.2, 0.25) is 0 Å². The van der Waals surface area contributed by atoms with Crippen molar-refractivity contribution in [3.05, 3.63) is 29.3 Å². The number of hydrogen-bond acceptors (Lipinski definition) is 3. The van der Waals surface area contributed by atoms with Crippen LogP contribution in [0.2, 0.25) is 0 Å². The summed E-state index contributed by atoms with van der Waals surface area (Å²) in [4.78, 5) is 11.5. The minimum atomic E-state index is 0.174. The Balaban J connectivity index is 2.47. The van der Waals surface area contributed by atoms with E-state index in [1.165, 1.54) is 0 Å². The molecule has 0 aromatic heterocycles. The third kappa shape index (κ3) is 1.30. The fraction of sp³-hybridized carbons (Fsp3) is 0.364. The molecule has 74 valence electrons. The molecular weight excluding hydrogens is 178 g/mol. The molecule has 1 unspecified atom stereocenters. The van der Waals surface area contributed by atoms with E-state index in [2.05, 4.69) is 0 Å². The molecule has 0 heterocycles. The van der Waals surface area contributed by atoms with Gasteiger partial charge in [-0.25, -0.2) is 0 Å². The van der Waals surface area contributed by atoms with Crippen LogP contribution in [0.15, 0.2) is 18.2 Å². The number of fused-ring (bicyclic) bond motifs is 1. The number of carbonyl (C=O) groups excluding carboxylic acids is 1. The summed E-state index contributed by atoms with van der Waals surface area (Å²) in [6.07, 6.45) is 0.541. The first-order valence-corrected chi connectivity index (χ1v) is 4.67. The Morgan fingerprint density at radius 2 is 2.36 bits per heavy atom. The van der Waals surface area contributed by atoms with Gasteiger partial charge in [0.25, 0.3) is 0 Å². The minimum Gasteiger partial charge on any atom is -0.497 e. The SMILES string of the molecule is COc1ccc2c(c1)C(CN)CC2=O. The second-order valence-corrected chi connectivity index (χ2v) is 3.51. The standard InChI is InChI=1S/C11H13NO2/c1-14-8-2-3-9-10(5-8)7(6-12)4-11(9)13/h2-3,5,7H,4,6,12H2,1H3. The fourth-order valence-electron chi connectivity index (χ4n) is 1.91. The number of methoxy groups -OCH3 is 1. The first-order chi connectivity index (χ1) is 6.76. The number of ether oxygens (including phenoxy) is 1. The summed E-state index contributed by atoms with van der Waals surface area (Å²) in [5, 5.41) is 0. The highest BCUT2D eigenvalue weighted by Gasteiger charge is 2.28. The molecule has 0 saturated heterocycles. The smallest absolute Gasteiger partial charge is 0.163 e. The summed E-state index contributed by atoms with van der Waals surface area (Å²) >= 11 is 0. The number of benzene rings is 1. The summed E-state index contributed by atoms with van der Waals surface area (Å²) in [5.74, 6) is 1.16. The number of rotatable bonds is 2. The molecular formula is C11H13NO2. The van der Waals surface area contributed by atoms with E-state index in [-0.39, 0.29) is 11.7 Å². The third-order valence-corrected chi connectivity index (χ3v) is 2.72. The molecule has 0 spiro atoms. The first kappa shape index (κ1) is 9.21. The lowest BCUT2D eigenvalue weighted by Gasteiger charge is -2.08. The Hall–Kier alpha value is -1.35. The van der Waals surface area contributed by atoms with Crippen LogP contribution in [0.4, 0.5) is 0 Å². The summed E-state index contributed by atoms with van der Waals surface area (Å²) in [7, 11) is 1.62. The molecule has 2 rings (SSSR count). The van der Waals surface area contributed by atoms with Gasteiger partial charge in [0.15, 0.2) is 5.78 Å². The van der Waals surface area contributed by atoms with Crippen molar-refractivity contribution in [1.29, 1.82) is 0 Å². The van der Waals surface area contributed by atoms with Gasteiger partial charge in [-0.2, -0.15) is 0 Å². The van der Waals surface area contributed by atoms with Crippen LogP contribution in [-0.2, 0) is 0 Å². The van der Waals surface area contributed by atoms with Crippen molar-refractivity contribution < 1.29 is 9.53 Å². The lowest BCUT2D eigenvalue weighted by molar-refractivity contribution is 0.0989.